The number of rotatable bonds is 4. The summed E-state index contributed by atoms with van der Waals surface area (Å²) in [5.41, 5.74) is 1.32. The van der Waals surface area contributed by atoms with E-state index in [9.17, 15) is 4.79 Å². The van der Waals surface area contributed by atoms with Gasteiger partial charge in [-0.2, -0.15) is 0 Å². The summed E-state index contributed by atoms with van der Waals surface area (Å²) in [7, 11) is 0. The highest BCUT2D eigenvalue weighted by Crippen LogP contribution is 2.21. The average molecular weight is 282 g/mol. The summed E-state index contributed by atoms with van der Waals surface area (Å²) in [5, 5.41) is 8.95. The zero-order valence-electron chi connectivity index (χ0n) is 10.0. The smallest absolute Gasteiger partial charge is 0.337 e. The van der Waals surface area contributed by atoms with Crippen LogP contribution in [0.1, 0.15) is 22.6 Å². The molecule has 0 unspecified atom stereocenters. The molecule has 1 atom stereocenters. The number of aromatic carboxylic acids is 1. The highest BCUT2D eigenvalue weighted by molar-refractivity contribution is 6.16. The van der Waals surface area contributed by atoms with Crippen molar-refractivity contribution in [3.05, 3.63) is 23.7 Å². The lowest BCUT2D eigenvalue weighted by molar-refractivity contribution is -0.0590. The van der Waals surface area contributed by atoms with Crippen molar-refractivity contribution in [2.75, 3.05) is 6.61 Å². The third-order valence-electron chi connectivity index (χ3n) is 3.21. The minimum Gasteiger partial charge on any atom is -0.478 e. The minimum absolute atomic E-state index is 0.123. The van der Waals surface area contributed by atoms with Crippen LogP contribution < -0.4 is 0 Å². The van der Waals surface area contributed by atoms with Crippen LogP contribution in [0.5, 0.6) is 0 Å². The highest BCUT2D eigenvalue weighted by Gasteiger charge is 2.22. The summed E-state index contributed by atoms with van der Waals surface area (Å²) in [6.07, 6.45) is 2.51. The van der Waals surface area contributed by atoms with Gasteiger partial charge in [0.1, 0.15) is 11.3 Å². The van der Waals surface area contributed by atoms with Gasteiger partial charge in [0.25, 0.3) is 0 Å². The Labute approximate surface area is 114 Å². The van der Waals surface area contributed by atoms with E-state index in [-0.39, 0.29) is 17.5 Å². The van der Waals surface area contributed by atoms with Gasteiger partial charge in [0.05, 0.1) is 24.1 Å². The first-order chi connectivity index (χ1) is 9.19. The van der Waals surface area contributed by atoms with E-state index in [1.54, 1.807) is 0 Å². The van der Waals surface area contributed by atoms with Gasteiger partial charge in [-0.15, -0.1) is 11.6 Å². The number of hydrogen-bond donors (Lipinski definition) is 1. The zero-order valence-corrected chi connectivity index (χ0v) is 10.8. The van der Waals surface area contributed by atoms with Gasteiger partial charge in [-0.1, -0.05) is 0 Å². The molecule has 0 saturated carbocycles. The molecule has 3 heterocycles. The van der Waals surface area contributed by atoms with Gasteiger partial charge >= 0.3 is 5.97 Å². The normalized spacial score (nSPS) is 18.5. The van der Waals surface area contributed by atoms with E-state index in [0.29, 0.717) is 23.5 Å². The molecule has 0 aliphatic carbocycles. The van der Waals surface area contributed by atoms with E-state index < -0.39 is 5.97 Å². The van der Waals surface area contributed by atoms with Crippen LogP contribution in [0, 0.1) is 0 Å². The van der Waals surface area contributed by atoms with E-state index in [1.807, 2.05) is 4.57 Å². The van der Waals surface area contributed by atoms with E-state index in [4.69, 9.17) is 21.4 Å². The van der Waals surface area contributed by atoms with Crippen molar-refractivity contribution in [3.63, 3.8) is 0 Å². The maximum absolute atomic E-state index is 10.9. The molecule has 1 N–H and O–H groups in total. The predicted octanol–water partition coefficient (Wildman–Crippen LogP) is 1.66. The molecule has 1 fully saturated rings. The molecule has 100 valence electrons. The summed E-state index contributed by atoms with van der Waals surface area (Å²) in [4.78, 5) is 19.4. The Kier molecular flexibility index (Phi) is 3.12. The molecule has 0 bridgehead atoms. The largest absolute Gasteiger partial charge is 0.478 e. The number of carbonyl (C=O) groups is 1. The SMILES string of the molecule is O=C(O)c1cnc2c(c1)nc(CCl)n2C[C@@H]1CCO1. The van der Waals surface area contributed by atoms with Gasteiger partial charge in [0, 0.05) is 12.8 Å². The summed E-state index contributed by atoms with van der Waals surface area (Å²) < 4.78 is 7.30. The van der Waals surface area contributed by atoms with Crippen LogP contribution in [-0.4, -0.2) is 38.3 Å². The second kappa shape index (κ2) is 4.79. The molecule has 0 amide bonds. The van der Waals surface area contributed by atoms with Crippen LogP contribution in [0.15, 0.2) is 12.3 Å². The van der Waals surface area contributed by atoms with Crippen LogP contribution in [0.2, 0.25) is 0 Å². The molecule has 1 aliphatic heterocycles. The standard InChI is InChI=1S/C12H12ClN3O3/c13-4-10-15-9-3-7(12(17)18)5-14-11(9)16(10)6-8-1-2-19-8/h3,5,8H,1-2,4,6H2,(H,17,18)/t8-/m0/s1. The summed E-state index contributed by atoms with van der Waals surface area (Å²) in [6.45, 7) is 1.43. The molecule has 7 heteroatoms. The van der Waals surface area contributed by atoms with E-state index in [1.165, 1.54) is 12.3 Å². The molecule has 0 radical (unpaired) electrons. The monoisotopic (exact) mass is 281 g/mol. The highest BCUT2D eigenvalue weighted by atomic mass is 35.5. The van der Waals surface area contributed by atoms with Crippen molar-refractivity contribution >= 4 is 28.7 Å². The Bertz CT molecular complexity index is 636. The van der Waals surface area contributed by atoms with Crippen LogP contribution in [0.25, 0.3) is 11.2 Å². The summed E-state index contributed by atoms with van der Waals surface area (Å²) >= 11 is 5.88. The van der Waals surface area contributed by atoms with Crippen molar-refractivity contribution in [1.82, 2.24) is 14.5 Å². The van der Waals surface area contributed by atoms with Crippen molar-refractivity contribution in [2.45, 2.75) is 24.9 Å². The maximum Gasteiger partial charge on any atom is 0.337 e. The second-order valence-corrected chi connectivity index (χ2v) is 4.69. The molecule has 2 aromatic rings. The van der Waals surface area contributed by atoms with Gasteiger partial charge in [0.2, 0.25) is 0 Å². The number of fused-ring (bicyclic) bond motifs is 1. The Hall–Kier alpha value is -1.66. The molecular weight excluding hydrogens is 270 g/mol. The molecule has 2 aromatic heterocycles. The number of halogens is 1. The Morgan fingerprint density at radius 1 is 1.63 bits per heavy atom. The lowest BCUT2D eigenvalue weighted by Crippen LogP contribution is -2.31. The molecular formula is C12H12ClN3O3. The molecule has 1 saturated heterocycles. The van der Waals surface area contributed by atoms with Crippen LogP contribution >= 0.6 is 11.6 Å². The van der Waals surface area contributed by atoms with Crippen molar-refractivity contribution in [1.29, 1.82) is 0 Å². The number of nitrogens with zero attached hydrogens (tertiary/aromatic N) is 3. The Morgan fingerprint density at radius 3 is 3.00 bits per heavy atom. The fraction of sp³-hybridized carbons (Fsp3) is 0.417. The lowest BCUT2D eigenvalue weighted by Gasteiger charge is -2.27. The number of alkyl halides is 1. The Morgan fingerprint density at radius 2 is 2.42 bits per heavy atom. The number of carboxylic acids is 1. The number of carboxylic acid groups (broad SMARTS) is 1. The van der Waals surface area contributed by atoms with E-state index in [2.05, 4.69) is 9.97 Å². The van der Waals surface area contributed by atoms with Gasteiger partial charge in [-0.3, -0.25) is 0 Å². The second-order valence-electron chi connectivity index (χ2n) is 4.43. The third kappa shape index (κ3) is 2.17. The lowest BCUT2D eigenvalue weighted by atomic mass is 10.2. The number of hydrogen-bond acceptors (Lipinski definition) is 4. The van der Waals surface area contributed by atoms with Crippen LogP contribution in [0.3, 0.4) is 0 Å². The maximum atomic E-state index is 10.9. The van der Waals surface area contributed by atoms with Crippen LogP contribution in [-0.2, 0) is 17.2 Å². The first-order valence-corrected chi connectivity index (χ1v) is 6.48. The number of aromatic nitrogens is 3. The fourth-order valence-electron chi connectivity index (χ4n) is 2.10. The Balaban J connectivity index is 2.05. The molecule has 0 spiro atoms. The van der Waals surface area contributed by atoms with E-state index >= 15 is 0 Å². The molecule has 0 aromatic carbocycles. The van der Waals surface area contributed by atoms with Crippen LogP contribution in [0.4, 0.5) is 0 Å². The topological polar surface area (TPSA) is 77.2 Å². The van der Waals surface area contributed by atoms with Gasteiger partial charge < -0.3 is 14.4 Å². The average Bonchev–Trinajstić information content (AvgIpc) is 2.70. The number of pyridine rings is 1. The third-order valence-corrected chi connectivity index (χ3v) is 3.45. The summed E-state index contributed by atoms with van der Waals surface area (Å²) in [5.74, 6) is -0.0771. The minimum atomic E-state index is -1.02. The number of imidazole rings is 1. The fourth-order valence-corrected chi connectivity index (χ4v) is 2.30. The molecule has 6 nitrogen and oxygen atoms in total. The predicted molar refractivity (Wildman–Crippen MR) is 68.4 cm³/mol. The first kappa shape index (κ1) is 12.4. The quantitative estimate of drug-likeness (QED) is 0.863. The van der Waals surface area contributed by atoms with Crippen molar-refractivity contribution in [3.8, 4) is 0 Å². The van der Waals surface area contributed by atoms with Gasteiger partial charge in [-0.25, -0.2) is 14.8 Å². The van der Waals surface area contributed by atoms with Crippen molar-refractivity contribution < 1.29 is 14.6 Å². The molecule has 19 heavy (non-hydrogen) atoms. The number of ether oxygens (including phenoxy) is 1. The van der Waals surface area contributed by atoms with Gasteiger partial charge in [0.15, 0.2) is 5.65 Å². The first-order valence-electron chi connectivity index (χ1n) is 5.95. The van der Waals surface area contributed by atoms with Crippen molar-refractivity contribution in [2.24, 2.45) is 0 Å². The van der Waals surface area contributed by atoms with Gasteiger partial charge in [-0.05, 0) is 12.5 Å². The van der Waals surface area contributed by atoms with E-state index in [0.717, 1.165) is 13.0 Å². The zero-order chi connectivity index (χ0) is 13.4. The summed E-state index contributed by atoms with van der Waals surface area (Å²) in [6, 6.07) is 1.51. The molecule has 1 aliphatic rings. The molecule has 3 rings (SSSR count).